The molecule has 0 aliphatic rings. The van der Waals surface area contributed by atoms with Gasteiger partial charge < -0.3 is 15.2 Å². The Hall–Kier alpha value is -3.52. The van der Waals surface area contributed by atoms with Crippen LogP contribution in [0.4, 0.5) is 0 Å². The standard InChI is InChI=1S/C26H32N4O4/c1-18(2)16-34-17-26(3,25(32)33)14-22(28-24(31)23-15-27-30-29-23)13-19-9-11-21(12-10-19)20-7-5-4-6-8-20/h4-12,15,18,22H,13-14,16-17H2,1-3H3,(H,28,31)(H,32,33)(H,27,29,30)/t22-,26+/m1/s1. The average molecular weight is 465 g/mol. The molecule has 0 spiro atoms. The fourth-order valence-corrected chi connectivity index (χ4v) is 3.76. The monoisotopic (exact) mass is 464 g/mol. The number of carboxylic acid groups (broad SMARTS) is 1. The highest BCUT2D eigenvalue weighted by atomic mass is 16.5. The van der Waals surface area contributed by atoms with Crippen LogP contribution in [-0.4, -0.2) is 51.6 Å². The topological polar surface area (TPSA) is 117 Å². The molecular weight excluding hydrogens is 432 g/mol. The molecule has 0 saturated heterocycles. The molecule has 0 aliphatic carbocycles. The van der Waals surface area contributed by atoms with Crippen molar-refractivity contribution in [2.75, 3.05) is 13.2 Å². The lowest BCUT2D eigenvalue weighted by Crippen LogP contribution is -2.44. The van der Waals surface area contributed by atoms with E-state index >= 15 is 0 Å². The Labute approximate surface area is 199 Å². The number of ether oxygens (including phenoxy) is 1. The number of rotatable bonds is 12. The molecule has 3 rings (SSSR count). The summed E-state index contributed by atoms with van der Waals surface area (Å²) in [6, 6.07) is 17.7. The van der Waals surface area contributed by atoms with Gasteiger partial charge in [0.2, 0.25) is 0 Å². The molecule has 2 atom stereocenters. The molecule has 180 valence electrons. The lowest BCUT2D eigenvalue weighted by Gasteiger charge is -2.30. The number of H-pyrrole nitrogens is 1. The van der Waals surface area contributed by atoms with Crippen molar-refractivity contribution in [2.24, 2.45) is 11.3 Å². The third-order valence-electron chi connectivity index (χ3n) is 5.61. The predicted octanol–water partition coefficient (Wildman–Crippen LogP) is 3.97. The maximum atomic E-state index is 12.7. The largest absolute Gasteiger partial charge is 0.481 e. The number of aromatic nitrogens is 3. The normalized spacial score (nSPS) is 13.9. The van der Waals surface area contributed by atoms with Gasteiger partial charge in [0.25, 0.3) is 5.91 Å². The van der Waals surface area contributed by atoms with Crippen LogP contribution in [0.25, 0.3) is 11.1 Å². The number of aliphatic carboxylic acids is 1. The molecule has 8 nitrogen and oxygen atoms in total. The summed E-state index contributed by atoms with van der Waals surface area (Å²) in [5.74, 6) is -1.07. The molecule has 1 amide bonds. The van der Waals surface area contributed by atoms with E-state index in [-0.39, 0.29) is 18.7 Å². The van der Waals surface area contributed by atoms with Gasteiger partial charge in [-0.2, -0.15) is 15.4 Å². The van der Waals surface area contributed by atoms with E-state index in [9.17, 15) is 14.7 Å². The molecule has 0 radical (unpaired) electrons. The summed E-state index contributed by atoms with van der Waals surface area (Å²) < 4.78 is 5.69. The fraction of sp³-hybridized carbons (Fsp3) is 0.385. The summed E-state index contributed by atoms with van der Waals surface area (Å²) in [7, 11) is 0. The second kappa shape index (κ2) is 11.6. The summed E-state index contributed by atoms with van der Waals surface area (Å²) in [6.45, 7) is 6.21. The molecule has 1 heterocycles. The molecule has 0 unspecified atom stereocenters. The van der Waals surface area contributed by atoms with Crippen LogP contribution in [0.15, 0.2) is 60.8 Å². The smallest absolute Gasteiger partial charge is 0.311 e. The van der Waals surface area contributed by atoms with Crippen molar-refractivity contribution < 1.29 is 19.4 Å². The molecule has 3 N–H and O–H groups in total. The predicted molar refractivity (Wildman–Crippen MR) is 129 cm³/mol. The van der Waals surface area contributed by atoms with Crippen LogP contribution in [0.5, 0.6) is 0 Å². The Morgan fingerprint density at radius 1 is 1.09 bits per heavy atom. The molecule has 0 aliphatic heterocycles. The highest BCUT2D eigenvalue weighted by Crippen LogP contribution is 2.27. The number of carbonyl (C=O) groups is 2. The molecule has 0 saturated carbocycles. The fourth-order valence-electron chi connectivity index (χ4n) is 3.76. The van der Waals surface area contributed by atoms with Crippen molar-refractivity contribution in [2.45, 2.75) is 39.7 Å². The first-order chi connectivity index (χ1) is 16.3. The zero-order valence-electron chi connectivity index (χ0n) is 19.8. The Morgan fingerprint density at radius 3 is 2.35 bits per heavy atom. The number of carbonyl (C=O) groups excluding carboxylic acids is 1. The number of nitrogens with zero attached hydrogens (tertiary/aromatic N) is 2. The lowest BCUT2D eigenvalue weighted by molar-refractivity contribution is -0.153. The van der Waals surface area contributed by atoms with Gasteiger partial charge in [-0.15, -0.1) is 0 Å². The minimum atomic E-state index is -1.17. The summed E-state index contributed by atoms with van der Waals surface area (Å²) >= 11 is 0. The van der Waals surface area contributed by atoms with Gasteiger partial charge in [0.05, 0.1) is 18.2 Å². The van der Waals surface area contributed by atoms with E-state index in [0.717, 1.165) is 16.7 Å². The number of hydrogen-bond donors (Lipinski definition) is 3. The quantitative estimate of drug-likeness (QED) is 0.373. The number of nitrogens with one attached hydrogen (secondary N) is 2. The first-order valence-corrected chi connectivity index (χ1v) is 11.4. The summed E-state index contributed by atoms with van der Waals surface area (Å²) in [5, 5.41) is 22.9. The number of carboxylic acids is 1. The van der Waals surface area contributed by atoms with Gasteiger partial charge in [0.15, 0.2) is 5.69 Å². The number of amides is 1. The van der Waals surface area contributed by atoms with E-state index in [1.807, 2.05) is 68.4 Å². The number of hydrogen-bond acceptors (Lipinski definition) is 5. The zero-order chi connectivity index (χ0) is 24.6. The third kappa shape index (κ3) is 6.99. The van der Waals surface area contributed by atoms with Crippen molar-refractivity contribution in [1.82, 2.24) is 20.7 Å². The van der Waals surface area contributed by atoms with Gasteiger partial charge in [-0.25, -0.2) is 0 Å². The van der Waals surface area contributed by atoms with Crippen LogP contribution < -0.4 is 5.32 Å². The van der Waals surface area contributed by atoms with Crippen LogP contribution in [0.2, 0.25) is 0 Å². The Morgan fingerprint density at radius 2 is 1.76 bits per heavy atom. The Kier molecular flexibility index (Phi) is 8.54. The van der Waals surface area contributed by atoms with Gasteiger partial charge in [-0.05, 0) is 42.4 Å². The van der Waals surface area contributed by atoms with E-state index in [0.29, 0.717) is 18.9 Å². The molecule has 3 aromatic rings. The maximum Gasteiger partial charge on any atom is 0.311 e. The second-order valence-corrected chi connectivity index (χ2v) is 9.27. The SMILES string of the molecule is CC(C)COC[C@](C)(C[C@@H](Cc1ccc(-c2ccccc2)cc1)NC(=O)c1cn[nH]n1)C(=O)O. The van der Waals surface area contributed by atoms with Crippen LogP contribution >= 0.6 is 0 Å². The first kappa shape index (κ1) is 25.1. The van der Waals surface area contributed by atoms with Crippen molar-refractivity contribution in [3.8, 4) is 11.1 Å². The molecule has 0 bridgehead atoms. The Balaban J connectivity index is 1.78. The first-order valence-electron chi connectivity index (χ1n) is 11.4. The third-order valence-corrected chi connectivity index (χ3v) is 5.61. The van der Waals surface area contributed by atoms with Crippen molar-refractivity contribution in [3.05, 3.63) is 72.1 Å². The van der Waals surface area contributed by atoms with Crippen LogP contribution in [0, 0.1) is 11.3 Å². The molecule has 8 heteroatoms. The molecule has 1 aromatic heterocycles. The van der Waals surface area contributed by atoms with Gasteiger partial charge in [0, 0.05) is 12.6 Å². The summed E-state index contributed by atoms with van der Waals surface area (Å²) in [6.07, 6.45) is 2.00. The second-order valence-electron chi connectivity index (χ2n) is 9.27. The summed E-state index contributed by atoms with van der Waals surface area (Å²) in [4.78, 5) is 24.9. The number of benzene rings is 2. The van der Waals surface area contributed by atoms with Gasteiger partial charge >= 0.3 is 5.97 Å². The van der Waals surface area contributed by atoms with E-state index < -0.39 is 23.3 Å². The van der Waals surface area contributed by atoms with Crippen molar-refractivity contribution >= 4 is 11.9 Å². The highest BCUT2D eigenvalue weighted by molar-refractivity contribution is 5.92. The van der Waals surface area contributed by atoms with Gasteiger partial charge in [0.1, 0.15) is 0 Å². The average Bonchev–Trinajstić information content (AvgIpc) is 3.35. The highest BCUT2D eigenvalue weighted by Gasteiger charge is 2.37. The molecule has 0 fully saturated rings. The van der Waals surface area contributed by atoms with Gasteiger partial charge in [-0.3, -0.25) is 9.59 Å². The Bertz CT molecular complexity index is 1050. The van der Waals surface area contributed by atoms with Gasteiger partial charge in [-0.1, -0.05) is 68.4 Å². The summed E-state index contributed by atoms with van der Waals surface area (Å²) in [5.41, 5.74) is 2.18. The molecule has 34 heavy (non-hydrogen) atoms. The van der Waals surface area contributed by atoms with E-state index in [2.05, 4.69) is 20.7 Å². The van der Waals surface area contributed by atoms with Crippen LogP contribution in [0.3, 0.4) is 0 Å². The minimum absolute atomic E-state index is 0.0593. The maximum absolute atomic E-state index is 12.7. The van der Waals surface area contributed by atoms with Crippen LogP contribution in [-0.2, 0) is 16.0 Å². The van der Waals surface area contributed by atoms with E-state index in [1.165, 1.54) is 6.20 Å². The molecule has 2 aromatic carbocycles. The lowest BCUT2D eigenvalue weighted by atomic mass is 9.82. The molecular formula is C26H32N4O4. The van der Waals surface area contributed by atoms with E-state index in [1.54, 1.807) is 6.92 Å². The zero-order valence-corrected chi connectivity index (χ0v) is 19.8. The van der Waals surface area contributed by atoms with Crippen LogP contribution in [0.1, 0.15) is 43.2 Å². The number of aromatic amines is 1. The van der Waals surface area contributed by atoms with Crippen molar-refractivity contribution in [1.29, 1.82) is 0 Å². The van der Waals surface area contributed by atoms with E-state index in [4.69, 9.17) is 4.74 Å². The van der Waals surface area contributed by atoms with Crippen molar-refractivity contribution in [3.63, 3.8) is 0 Å². The minimum Gasteiger partial charge on any atom is -0.481 e.